The van der Waals surface area contributed by atoms with E-state index in [1.807, 2.05) is 13.0 Å². The van der Waals surface area contributed by atoms with Crippen LogP contribution in [0.2, 0.25) is 0 Å². The number of halogens is 2. The standard InChI is InChI=1S/C16H19FN4O.ClH/c1-2-13-9-14(20-19-13)16(22)21-7-6-18-10-15(21)11-4-3-5-12(17)8-11;/h3-5,8-9,15,18H,2,6-7,10H2,1H3,(H,19,20);1H. The van der Waals surface area contributed by atoms with E-state index in [1.165, 1.54) is 12.1 Å². The summed E-state index contributed by atoms with van der Waals surface area (Å²) in [5.41, 5.74) is 2.15. The van der Waals surface area contributed by atoms with Gasteiger partial charge in [0.05, 0.1) is 6.04 Å². The molecule has 1 aromatic carbocycles. The van der Waals surface area contributed by atoms with Crippen molar-refractivity contribution in [3.8, 4) is 0 Å². The van der Waals surface area contributed by atoms with Crippen molar-refractivity contribution in [1.29, 1.82) is 0 Å². The summed E-state index contributed by atoms with van der Waals surface area (Å²) in [7, 11) is 0. The Hall–Kier alpha value is -1.92. The smallest absolute Gasteiger partial charge is 0.274 e. The number of hydrogen-bond donors (Lipinski definition) is 2. The Bertz CT molecular complexity index is 676. The molecule has 1 saturated heterocycles. The zero-order valence-corrected chi connectivity index (χ0v) is 13.7. The van der Waals surface area contributed by atoms with E-state index in [-0.39, 0.29) is 30.2 Å². The molecule has 5 nitrogen and oxygen atoms in total. The molecule has 1 amide bonds. The van der Waals surface area contributed by atoms with Crippen molar-refractivity contribution in [2.45, 2.75) is 19.4 Å². The Balaban J connectivity index is 0.00000192. The second kappa shape index (κ2) is 7.57. The van der Waals surface area contributed by atoms with Gasteiger partial charge in [0.1, 0.15) is 11.5 Å². The van der Waals surface area contributed by atoms with Gasteiger partial charge >= 0.3 is 0 Å². The van der Waals surface area contributed by atoms with E-state index in [2.05, 4.69) is 15.5 Å². The Kier molecular flexibility index (Phi) is 5.74. The number of aryl methyl sites for hydroxylation is 1. The van der Waals surface area contributed by atoms with Gasteiger partial charge in [-0.05, 0) is 30.2 Å². The van der Waals surface area contributed by atoms with Crippen molar-refractivity contribution >= 4 is 18.3 Å². The maximum Gasteiger partial charge on any atom is 0.274 e. The number of piperazine rings is 1. The third kappa shape index (κ3) is 3.71. The fourth-order valence-corrected chi connectivity index (χ4v) is 2.76. The summed E-state index contributed by atoms with van der Waals surface area (Å²) in [5, 5.41) is 10.2. The molecule has 2 N–H and O–H groups in total. The highest BCUT2D eigenvalue weighted by Crippen LogP contribution is 2.24. The van der Waals surface area contributed by atoms with E-state index in [0.717, 1.165) is 24.2 Å². The van der Waals surface area contributed by atoms with Crippen LogP contribution >= 0.6 is 12.4 Å². The molecule has 0 aliphatic carbocycles. The maximum absolute atomic E-state index is 13.5. The predicted octanol–water partition coefficient (Wildman–Crippen LogP) is 2.32. The molecule has 2 aromatic rings. The van der Waals surface area contributed by atoms with Gasteiger partial charge in [-0.1, -0.05) is 19.1 Å². The number of aromatic amines is 1. The summed E-state index contributed by atoms with van der Waals surface area (Å²) in [6.45, 7) is 3.92. The van der Waals surface area contributed by atoms with Crippen LogP contribution in [0.3, 0.4) is 0 Å². The van der Waals surface area contributed by atoms with Gasteiger partial charge in [0.2, 0.25) is 0 Å². The third-order valence-electron chi connectivity index (χ3n) is 3.97. The first-order valence-corrected chi connectivity index (χ1v) is 7.50. The molecule has 23 heavy (non-hydrogen) atoms. The first-order chi connectivity index (χ1) is 10.7. The van der Waals surface area contributed by atoms with Crippen LogP contribution in [0.5, 0.6) is 0 Å². The largest absolute Gasteiger partial charge is 0.328 e. The van der Waals surface area contributed by atoms with Crippen LogP contribution in [0, 0.1) is 5.82 Å². The van der Waals surface area contributed by atoms with Crippen molar-refractivity contribution in [2.75, 3.05) is 19.6 Å². The lowest BCUT2D eigenvalue weighted by molar-refractivity contribution is 0.0628. The number of H-pyrrole nitrogens is 1. The maximum atomic E-state index is 13.5. The van der Waals surface area contributed by atoms with E-state index >= 15 is 0 Å². The lowest BCUT2D eigenvalue weighted by atomic mass is 10.0. The summed E-state index contributed by atoms with van der Waals surface area (Å²) >= 11 is 0. The van der Waals surface area contributed by atoms with Crippen LogP contribution in [0.4, 0.5) is 4.39 Å². The molecule has 3 rings (SSSR count). The van der Waals surface area contributed by atoms with Gasteiger partial charge in [0.25, 0.3) is 5.91 Å². The number of carbonyl (C=O) groups excluding carboxylic acids is 1. The average molecular weight is 339 g/mol. The second-order valence-corrected chi connectivity index (χ2v) is 5.41. The number of aromatic nitrogens is 2. The van der Waals surface area contributed by atoms with Crippen LogP contribution in [0.1, 0.15) is 34.7 Å². The van der Waals surface area contributed by atoms with Crippen LogP contribution in [-0.2, 0) is 6.42 Å². The van der Waals surface area contributed by atoms with Gasteiger partial charge in [0, 0.05) is 25.3 Å². The number of benzene rings is 1. The topological polar surface area (TPSA) is 61.0 Å². The van der Waals surface area contributed by atoms with Crippen molar-refractivity contribution in [3.63, 3.8) is 0 Å². The van der Waals surface area contributed by atoms with Gasteiger partial charge in [-0.2, -0.15) is 5.10 Å². The summed E-state index contributed by atoms with van der Waals surface area (Å²) in [5.74, 6) is -0.407. The van der Waals surface area contributed by atoms with Gasteiger partial charge < -0.3 is 10.2 Å². The van der Waals surface area contributed by atoms with E-state index < -0.39 is 0 Å². The van der Waals surface area contributed by atoms with E-state index in [0.29, 0.717) is 18.8 Å². The summed E-state index contributed by atoms with van der Waals surface area (Å²) in [4.78, 5) is 14.5. The Labute approximate surface area is 140 Å². The van der Waals surface area contributed by atoms with Crippen molar-refractivity contribution in [3.05, 3.63) is 53.1 Å². The first kappa shape index (κ1) is 17.4. The van der Waals surface area contributed by atoms with Crippen molar-refractivity contribution in [1.82, 2.24) is 20.4 Å². The van der Waals surface area contributed by atoms with Crippen molar-refractivity contribution < 1.29 is 9.18 Å². The van der Waals surface area contributed by atoms with E-state index in [4.69, 9.17) is 0 Å². The Morgan fingerprint density at radius 3 is 2.96 bits per heavy atom. The highest BCUT2D eigenvalue weighted by Gasteiger charge is 2.30. The SMILES string of the molecule is CCc1cc(C(=O)N2CCNCC2c2cccc(F)c2)n[nH]1.Cl. The Morgan fingerprint density at radius 1 is 1.43 bits per heavy atom. The highest BCUT2D eigenvalue weighted by atomic mass is 35.5. The lowest BCUT2D eigenvalue weighted by Crippen LogP contribution is -2.48. The molecule has 1 unspecified atom stereocenters. The average Bonchev–Trinajstić information content (AvgIpc) is 3.03. The number of carbonyl (C=O) groups is 1. The highest BCUT2D eigenvalue weighted by molar-refractivity contribution is 5.92. The van der Waals surface area contributed by atoms with Gasteiger partial charge in [-0.15, -0.1) is 12.4 Å². The van der Waals surface area contributed by atoms with Crippen molar-refractivity contribution in [2.24, 2.45) is 0 Å². The molecule has 1 atom stereocenters. The lowest BCUT2D eigenvalue weighted by Gasteiger charge is -2.36. The fraction of sp³-hybridized carbons (Fsp3) is 0.375. The van der Waals surface area contributed by atoms with Gasteiger partial charge in [-0.25, -0.2) is 4.39 Å². The molecule has 1 aliphatic heterocycles. The molecule has 7 heteroatoms. The predicted molar refractivity (Wildman–Crippen MR) is 88.3 cm³/mol. The van der Waals surface area contributed by atoms with Crippen LogP contribution in [0.15, 0.2) is 30.3 Å². The molecule has 2 heterocycles. The van der Waals surface area contributed by atoms with Crippen LogP contribution in [-0.4, -0.2) is 40.6 Å². The van der Waals surface area contributed by atoms with Gasteiger partial charge in [0.15, 0.2) is 0 Å². The Morgan fingerprint density at radius 2 is 2.26 bits per heavy atom. The quantitative estimate of drug-likeness (QED) is 0.903. The van der Waals surface area contributed by atoms with Crippen LogP contribution < -0.4 is 5.32 Å². The molecule has 1 aliphatic rings. The third-order valence-corrected chi connectivity index (χ3v) is 3.97. The summed E-state index contributed by atoms with van der Waals surface area (Å²) in [6, 6.07) is 8.02. The minimum atomic E-state index is -0.288. The van der Waals surface area contributed by atoms with Gasteiger partial charge in [-0.3, -0.25) is 9.89 Å². The molecule has 0 spiro atoms. The zero-order chi connectivity index (χ0) is 15.5. The fourth-order valence-electron chi connectivity index (χ4n) is 2.76. The minimum Gasteiger partial charge on any atom is -0.328 e. The number of hydrogen-bond acceptors (Lipinski definition) is 3. The molecule has 1 fully saturated rings. The molecular formula is C16H20ClFN4O. The van der Waals surface area contributed by atoms with E-state index in [9.17, 15) is 9.18 Å². The molecule has 124 valence electrons. The minimum absolute atomic E-state index is 0. The molecule has 0 bridgehead atoms. The number of nitrogens with one attached hydrogen (secondary N) is 2. The number of nitrogens with zero attached hydrogens (tertiary/aromatic N) is 2. The normalized spacial score (nSPS) is 17.7. The van der Waals surface area contributed by atoms with E-state index in [1.54, 1.807) is 17.0 Å². The number of rotatable bonds is 3. The molecule has 0 saturated carbocycles. The van der Waals surface area contributed by atoms with Crippen LogP contribution in [0.25, 0.3) is 0 Å². The molecule has 1 aromatic heterocycles. The monoisotopic (exact) mass is 338 g/mol. The number of amides is 1. The second-order valence-electron chi connectivity index (χ2n) is 5.41. The summed E-state index contributed by atoms with van der Waals surface area (Å²) < 4.78 is 13.5. The molecular weight excluding hydrogens is 319 g/mol. The summed E-state index contributed by atoms with van der Waals surface area (Å²) in [6.07, 6.45) is 0.801. The zero-order valence-electron chi connectivity index (χ0n) is 12.9. The molecule has 0 radical (unpaired) electrons. The first-order valence-electron chi connectivity index (χ1n) is 7.50.